The smallest absolute Gasteiger partial charge is 0.260 e. The largest absolute Gasteiger partial charge is 0.384 e. The number of nitrogens with zero attached hydrogens (tertiary/aromatic N) is 1. The lowest BCUT2D eigenvalue weighted by Crippen LogP contribution is -2.23. The number of aryl methyl sites for hydroxylation is 2. The molecule has 32 heavy (non-hydrogen) atoms. The number of hydrogen-bond donors (Lipinski definition) is 2. The fourth-order valence-electron chi connectivity index (χ4n) is 4.14. The molecule has 0 bridgehead atoms. The summed E-state index contributed by atoms with van der Waals surface area (Å²) >= 11 is 0. The third kappa shape index (κ3) is 3.56. The summed E-state index contributed by atoms with van der Waals surface area (Å²) < 4.78 is 1.73. The molecule has 5 nitrogen and oxygen atoms in total. The summed E-state index contributed by atoms with van der Waals surface area (Å²) in [5, 5.41) is 4.28. The molecule has 3 N–H and O–H groups in total. The second kappa shape index (κ2) is 7.68. The number of aromatic nitrogens is 1. The van der Waals surface area contributed by atoms with E-state index < -0.39 is 0 Å². The molecule has 1 aliphatic rings. The van der Waals surface area contributed by atoms with Crippen LogP contribution >= 0.6 is 0 Å². The molecule has 1 saturated carbocycles. The number of nitrogens with one attached hydrogen (secondary N) is 1. The predicted octanol–water partition coefficient (Wildman–Crippen LogP) is 5.45. The number of fused-ring (bicyclic) bond motifs is 1. The van der Waals surface area contributed by atoms with Gasteiger partial charge in [0.05, 0.1) is 5.39 Å². The van der Waals surface area contributed by atoms with Gasteiger partial charge in [0.1, 0.15) is 5.82 Å². The molecule has 3 aromatic carbocycles. The second-order valence-corrected chi connectivity index (χ2v) is 8.61. The van der Waals surface area contributed by atoms with Gasteiger partial charge in [-0.3, -0.25) is 14.2 Å². The van der Waals surface area contributed by atoms with E-state index in [0.717, 1.165) is 40.5 Å². The van der Waals surface area contributed by atoms with Crippen molar-refractivity contribution in [2.75, 3.05) is 11.1 Å². The average molecular weight is 424 g/mol. The summed E-state index contributed by atoms with van der Waals surface area (Å²) in [7, 11) is 0. The molecular formula is C27H25N3O2. The number of rotatable bonds is 4. The first-order chi connectivity index (χ1) is 15.4. The highest BCUT2D eigenvalue weighted by Crippen LogP contribution is 2.41. The molecule has 1 aliphatic carbocycles. The van der Waals surface area contributed by atoms with Gasteiger partial charge >= 0.3 is 0 Å². The van der Waals surface area contributed by atoms with Gasteiger partial charge < -0.3 is 11.1 Å². The normalized spacial score (nSPS) is 13.3. The Balaban J connectivity index is 1.64. The van der Waals surface area contributed by atoms with Crippen molar-refractivity contribution >= 4 is 28.2 Å². The van der Waals surface area contributed by atoms with Gasteiger partial charge in [-0.2, -0.15) is 0 Å². The van der Waals surface area contributed by atoms with Crippen molar-refractivity contribution in [2.45, 2.75) is 32.7 Å². The number of pyridine rings is 1. The van der Waals surface area contributed by atoms with Crippen molar-refractivity contribution in [3.8, 4) is 11.1 Å². The molecule has 0 saturated heterocycles. The number of carbonyl (C=O) groups excluding carboxylic acids is 1. The summed E-state index contributed by atoms with van der Waals surface area (Å²) in [5.74, 6) is 0.298. The van der Waals surface area contributed by atoms with Crippen LogP contribution in [0.4, 0.5) is 11.5 Å². The number of carbonyl (C=O) groups is 1. The molecule has 0 spiro atoms. The van der Waals surface area contributed by atoms with Gasteiger partial charge in [0.15, 0.2) is 0 Å². The maximum atomic E-state index is 13.4. The van der Waals surface area contributed by atoms with E-state index in [2.05, 4.69) is 5.32 Å². The zero-order valence-corrected chi connectivity index (χ0v) is 18.2. The van der Waals surface area contributed by atoms with Crippen molar-refractivity contribution in [3.05, 3.63) is 93.8 Å². The molecule has 0 unspecified atom stereocenters. The molecule has 160 valence electrons. The van der Waals surface area contributed by atoms with Crippen LogP contribution in [0.1, 0.15) is 40.4 Å². The molecular weight excluding hydrogens is 398 g/mol. The predicted molar refractivity (Wildman–Crippen MR) is 130 cm³/mol. The van der Waals surface area contributed by atoms with Gasteiger partial charge in [-0.15, -0.1) is 0 Å². The SMILES string of the molecule is Cc1ccc(C(=O)Nc2ccc3c(-c4ccc(C)cc4)c(N)n(C4CC4)c(=O)c3c2)cc1. The molecule has 1 aromatic heterocycles. The number of benzene rings is 3. The maximum Gasteiger partial charge on any atom is 0.260 e. The van der Waals surface area contributed by atoms with Crippen LogP contribution in [-0.4, -0.2) is 10.5 Å². The average Bonchev–Trinajstić information content (AvgIpc) is 3.61. The van der Waals surface area contributed by atoms with Gasteiger partial charge in [-0.05, 0) is 61.9 Å². The Morgan fingerprint density at radius 3 is 2.16 bits per heavy atom. The van der Waals surface area contributed by atoms with Crippen molar-refractivity contribution in [1.29, 1.82) is 0 Å². The van der Waals surface area contributed by atoms with E-state index in [0.29, 0.717) is 22.5 Å². The molecule has 0 radical (unpaired) electrons. The minimum Gasteiger partial charge on any atom is -0.384 e. The minimum atomic E-state index is -0.207. The Morgan fingerprint density at radius 2 is 1.53 bits per heavy atom. The second-order valence-electron chi connectivity index (χ2n) is 8.61. The first-order valence-corrected chi connectivity index (χ1v) is 10.8. The Morgan fingerprint density at radius 1 is 0.906 bits per heavy atom. The molecule has 5 rings (SSSR count). The molecule has 5 heteroatoms. The van der Waals surface area contributed by atoms with Crippen molar-refractivity contribution in [3.63, 3.8) is 0 Å². The van der Waals surface area contributed by atoms with Crippen molar-refractivity contribution < 1.29 is 4.79 Å². The van der Waals surface area contributed by atoms with E-state index in [-0.39, 0.29) is 17.5 Å². The fraction of sp³-hybridized carbons (Fsp3) is 0.185. The lowest BCUT2D eigenvalue weighted by Gasteiger charge is -2.17. The fourth-order valence-corrected chi connectivity index (χ4v) is 4.14. The van der Waals surface area contributed by atoms with E-state index >= 15 is 0 Å². The molecule has 0 atom stereocenters. The zero-order valence-electron chi connectivity index (χ0n) is 18.2. The van der Waals surface area contributed by atoms with Crippen LogP contribution in [0.5, 0.6) is 0 Å². The van der Waals surface area contributed by atoms with E-state index in [1.807, 2.05) is 62.4 Å². The monoisotopic (exact) mass is 423 g/mol. The van der Waals surface area contributed by atoms with Crippen LogP contribution in [0.25, 0.3) is 21.9 Å². The lowest BCUT2D eigenvalue weighted by molar-refractivity contribution is 0.102. The van der Waals surface area contributed by atoms with Crippen LogP contribution in [0.2, 0.25) is 0 Å². The number of nitrogens with two attached hydrogens (primary N) is 1. The number of amides is 1. The van der Waals surface area contributed by atoms with Gasteiger partial charge in [0, 0.05) is 22.9 Å². The van der Waals surface area contributed by atoms with E-state index in [1.54, 1.807) is 22.8 Å². The molecule has 1 heterocycles. The Kier molecular flexibility index (Phi) is 4.82. The van der Waals surface area contributed by atoms with Crippen LogP contribution in [-0.2, 0) is 0 Å². The van der Waals surface area contributed by atoms with Crippen molar-refractivity contribution in [2.24, 2.45) is 0 Å². The third-order valence-electron chi connectivity index (χ3n) is 6.08. The topological polar surface area (TPSA) is 77.1 Å². The number of anilines is 2. The first-order valence-electron chi connectivity index (χ1n) is 10.8. The zero-order chi connectivity index (χ0) is 22.4. The van der Waals surface area contributed by atoms with Crippen LogP contribution in [0.15, 0.2) is 71.5 Å². The van der Waals surface area contributed by atoms with Gasteiger partial charge in [0.2, 0.25) is 0 Å². The first kappa shape index (κ1) is 20.1. The molecule has 0 aliphatic heterocycles. The maximum absolute atomic E-state index is 13.4. The third-order valence-corrected chi connectivity index (χ3v) is 6.08. The molecule has 4 aromatic rings. The van der Waals surface area contributed by atoms with E-state index in [9.17, 15) is 9.59 Å². The quantitative estimate of drug-likeness (QED) is 0.458. The van der Waals surface area contributed by atoms with Crippen LogP contribution in [0.3, 0.4) is 0 Å². The summed E-state index contributed by atoms with van der Waals surface area (Å²) in [6.07, 6.45) is 1.90. The standard InChI is InChI=1S/C27H25N3O2/c1-16-3-7-18(8-4-16)24-22-14-11-20(29-26(31)19-9-5-17(2)6-10-19)15-23(22)27(32)30(25(24)28)21-12-13-21/h3-11,14-15,21H,12-13,28H2,1-2H3,(H,29,31). The van der Waals surface area contributed by atoms with Gasteiger partial charge in [-0.25, -0.2) is 0 Å². The summed E-state index contributed by atoms with van der Waals surface area (Å²) in [6, 6.07) is 21.2. The number of hydrogen-bond acceptors (Lipinski definition) is 3. The Bertz CT molecular complexity index is 1400. The summed E-state index contributed by atoms with van der Waals surface area (Å²) in [6.45, 7) is 4.02. The van der Waals surface area contributed by atoms with E-state index in [1.165, 1.54) is 0 Å². The lowest BCUT2D eigenvalue weighted by atomic mass is 9.98. The highest BCUT2D eigenvalue weighted by atomic mass is 16.1. The Labute approximate surface area is 186 Å². The highest BCUT2D eigenvalue weighted by Gasteiger charge is 2.29. The summed E-state index contributed by atoms with van der Waals surface area (Å²) in [5.41, 5.74) is 11.7. The molecule has 1 fully saturated rings. The van der Waals surface area contributed by atoms with Gasteiger partial charge in [0.25, 0.3) is 11.5 Å². The van der Waals surface area contributed by atoms with Crippen molar-refractivity contribution in [1.82, 2.24) is 4.57 Å². The Hall–Kier alpha value is -3.86. The van der Waals surface area contributed by atoms with Gasteiger partial charge in [-0.1, -0.05) is 53.6 Å². The van der Waals surface area contributed by atoms with E-state index in [4.69, 9.17) is 5.73 Å². The summed E-state index contributed by atoms with van der Waals surface area (Å²) in [4.78, 5) is 26.1. The minimum absolute atomic E-state index is 0.109. The number of nitrogen functional groups attached to an aromatic ring is 1. The van der Waals surface area contributed by atoms with Crippen LogP contribution < -0.4 is 16.6 Å². The molecule has 1 amide bonds. The van der Waals surface area contributed by atoms with Crippen LogP contribution in [0, 0.1) is 13.8 Å². The highest BCUT2D eigenvalue weighted by molar-refractivity contribution is 6.07.